The average molecular weight is 433 g/mol. The second-order valence-corrected chi connectivity index (χ2v) is 8.11. The largest absolute Gasteiger partial charge is 0.411 e. The van der Waals surface area contributed by atoms with Crippen LogP contribution < -0.4 is 16.0 Å². The van der Waals surface area contributed by atoms with Gasteiger partial charge in [-0.25, -0.2) is 4.98 Å². The quantitative estimate of drug-likeness (QED) is 0.420. The molecule has 32 heavy (non-hydrogen) atoms. The molecule has 2 aliphatic rings. The number of oxime groups is 1. The van der Waals surface area contributed by atoms with Gasteiger partial charge < -0.3 is 25.9 Å². The van der Waals surface area contributed by atoms with Crippen LogP contribution >= 0.6 is 0 Å². The molecule has 1 spiro atoms. The van der Waals surface area contributed by atoms with Crippen molar-refractivity contribution < 1.29 is 14.7 Å². The molecule has 1 amide bonds. The minimum Gasteiger partial charge on any atom is -0.411 e. The maximum Gasteiger partial charge on any atom is 0.251 e. The van der Waals surface area contributed by atoms with E-state index in [4.69, 9.17) is 25.6 Å². The Balaban J connectivity index is 1.48. The number of amides is 1. The van der Waals surface area contributed by atoms with Crippen LogP contribution in [-0.4, -0.2) is 64.1 Å². The summed E-state index contributed by atoms with van der Waals surface area (Å²) in [5, 5.41) is 15.6. The van der Waals surface area contributed by atoms with Crippen molar-refractivity contribution in [1.82, 2.24) is 20.3 Å². The summed E-state index contributed by atoms with van der Waals surface area (Å²) in [5.41, 5.74) is 9.14. The second kappa shape index (κ2) is 7.72. The highest BCUT2D eigenvalue weighted by atomic mass is 16.5. The first kappa shape index (κ1) is 20.1. The first-order chi connectivity index (χ1) is 15.5. The van der Waals surface area contributed by atoms with Crippen LogP contribution in [0.3, 0.4) is 0 Å². The third kappa shape index (κ3) is 3.48. The van der Waals surface area contributed by atoms with E-state index in [-0.39, 0.29) is 11.5 Å². The molecule has 10 heteroatoms. The van der Waals surface area contributed by atoms with Crippen molar-refractivity contribution in [2.45, 2.75) is 18.4 Å². The maximum atomic E-state index is 12.0. The summed E-state index contributed by atoms with van der Waals surface area (Å²) >= 11 is 0. The number of nitrogen functional groups attached to an aromatic ring is 1. The Morgan fingerprint density at radius 2 is 2.09 bits per heavy atom. The van der Waals surface area contributed by atoms with Crippen LogP contribution in [0.5, 0.6) is 0 Å². The van der Waals surface area contributed by atoms with Gasteiger partial charge in [-0.05, 0) is 24.3 Å². The Labute approximate surface area is 184 Å². The number of nitrogens with zero attached hydrogens (tertiary/aromatic N) is 5. The molecule has 2 fully saturated rings. The standard InChI is InChI=1S/C22H23N7O3/c1-24-20(30)14-4-2-3-13(9-14)17-6-5-16-18(23)26-21(27-19(16)25-17)29-7-8-32-22(12-29)10-15(11-22)28-31/h2-6,9,31H,7-8,10-12H2,1H3,(H,24,30)(H2,23,25,26,27). The SMILES string of the molecule is CNC(=O)c1cccc(-c2ccc3c(N)nc(N4CCOC5(CC(=NO)C5)C4)nc3n2)c1. The lowest BCUT2D eigenvalue weighted by atomic mass is 9.77. The van der Waals surface area contributed by atoms with Gasteiger partial charge in [0.15, 0.2) is 5.65 Å². The third-order valence-corrected chi connectivity index (χ3v) is 5.95. The molecule has 1 aliphatic heterocycles. The minimum absolute atomic E-state index is 0.159. The number of anilines is 2. The number of nitrogens with two attached hydrogens (primary N) is 1. The number of fused-ring (bicyclic) bond motifs is 1. The number of carbonyl (C=O) groups is 1. The van der Waals surface area contributed by atoms with Gasteiger partial charge in [-0.3, -0.25) is 4.79 Å². The van der Waals surface area contributed by atoms with E-state index in [9.17, 15) is 4.79 Å². The fourth-order valence-electron chi connectivity index (χ4n) is 4.28. The lowest BCUT2D eigenvalue weighted by Crippen LogP contribution is -2.59. The lowest BCUT2D eigenvalue weighted by Gasteiger charge is -2.48. The minimum atomic E-state index is -0.373. The summed E-state index contributed by atoms with van der Waals surface area (Å²) in [4.78, 5) is 27.9. The van der Waals surface area contributed by atoms with E-state index in [2.05, 4.69) is 15.5 Å². The van der Waals surface area contributed by atoms with Crippen molar-refractivity contribution >= 4 is 34.4 Å². The van der Waals surface area contributed by atoms with Gasteiger partial charge >= 0.3 is 0 Å². The number of carbonyl (C=O) groups excluding carboxylic acids is 1. The molecule has 2 aromatic heterocycles. The number of ether oxygens (including phenoxy) is 1. The highest BCUT2D eigenvalue weighted by Crippen LogP contribution is 2.37. The summed E-state index contributed by atoms with van der Waals surface area (Å²) in [6.45, 7) is 1.75. The van der Waals surface area contributed by atoms with Gasteiger partial charge in [-0.1, -0.05) is 17.3 Å². The number of aromatic nitrogens is 3. The van der Waals surface area contributed by atoms with Crippen LogP contribution in [0.4, 0.5) is 11.8 Å². The molecular formula is C22H23N7O3. The molecule has 1 saturated heterocycles. The van der Waals surface area contributed by atoms with Crippen LogP contribution in [0.25, 0.3) is 22.3 Å². The van der Waals surface area contributed by atoms with Gasteiger partial charge in [0, 0.05) is 37.6 Å². The van der Waals surface area contributed by atoms with Gasteiger partial charge in [0.05, 0.1) is 35.5 Å². The molecule has 4 N–H and O–H groups in total. The summed E-state index contributed by atoms with van der Waals surface area (Å²) in [6, 6.07) is 11.0. The van der Waals surface area contributed by atoms with E-state index in [1.165, 1.54) is 0 Å². The zero-order valence-electron chi connectivity index (χ0n) is 17.6. The van der Waals surface area contributed by atoms with Crippen LogP contribution in [0, 0.1) is 0 Å². The van der Waals surface area contributed by atoms with Gasteiger partial charge in [0.2, 0.25) is 5.95 Å². The van der Waals surface area contributed by atoms with Crippen molar-refractivity contribution in [3.05, 3.63) is 42.0 Å². The zero-order valence-corrected chi connectivity index (χ0v) is 17.6. The van der Waals surface area contributed by atoms with E-state index >= 15 is 0 Å². The number of hydrogen-bond acceptors (Lipinski definition) is 9. The lowest BCUT2D eigenvalue weighted by molar-refractivity contribution is -0.0643. The van der Waals surface area contributed by atoms with Crippen molar-refractivity contribution in [3.8, 4) is 11.3 Å². The fourth-order valence-corrected chi connectivity index (χ4v) is 4.28. The van der Waals surface area contributed by atoms with Crippen LogP contribution in [0.15, 0.2) is 41.6 Å². The highest BCUT2D eigenvalue weighted by Gasteiger charge is 2.47. The molecule has 10 nitrogen and oxygen atoms in total. The second-order valence-electron chi connectivity index (χ2n) is 8.11. The smallest absolute Gasteiger partial charge is 0.251 e. The van der Waals surface area contributed by atoms with Crippen LogP contribution in [-0.2, 0) is 4.74 Å². The van der Waals surface area contributed by atoms with Gasteiger partial charge in [0.1, 0.15) is 5.82 Å². The molecule has 0 atom stereocenters. The van der Waals surface area contributed by atoms with E-state index in [1.807, 2.05) is 29.2 Å². The van der Waals surface area contributed by atoms with Crippen molar-refractivity contribution in [3.63, 3.8) is 0 Å². The number of benzene rings is 1. The van der Waals surface area contributed by atoms with Gasteiger partial charge in [0.25, 0.3) is 5.91 Å². The molecular weight excluding hydrogens is 410 g/mol. The monoisotopic (exact) mass is 433 g/mol. The Morgan fingerprint density at radius 3 is 2.88 bits per heavy atom. The van der Waals surface area contributed by atoms with Gasteiger partial charge in [-0.2, -0.15) is 9.97 Å². The topological polar surface area (TPSA) is 139 Å². The zero-order chi connectivity index (χ0) is 22.3. The molecule has 0 unspecified atom stereocenters. The predicted octanol–water partition coefficient (Wildman–Crippen LogP) is 1.83. The van der Waals surface area contributed by atoms with Gasteiger partial charge in [-0.15, -0.1) is 0 Å². The number of pyridine rings is 1. The molecule has 0 bridgehead atoms. The molecule has 0 radical (unpaired) electrons. The molecule has 164 valence electrons. The third-order valence-electron chi connectivity index (χ3n) is 5.95. The predicted molar refractivity (Wildman–Crippen MR) is 120 cm³/mol. The fraction of sp³-hybridized carbons (Fsp3) is 0.318. The first-order valence-electron chi connectivity index (χ1n) is 10.4. The summed E-state index contributed by atoms with van der Waals surface area (Å²) in [7, 11) is 1.60. The Bertz CT molecular complexity index is 1240. The molecule has 1 saturated carbocycles. The average Bonchev–Trinajstić information content (AvgIpc) is 2.81. The Hall–Kier alpha value is -3.79. The number of morpholine rings is 1. The van der Waals surface area contributed by atoms with E-state index in [0.29, 0.717) is 66.6 Å². The molecule has 1 aromatic carbocycles. The van der Waals surface area contributed by atoms with E-state index < -0.39 is 0 Å². The van der Waals surface area contributed by atoms with Crippen molar-refractivity contribution in [2.75, 3.05) is 37.4 Å². The van der Waals surface area contributed by atoms with E-state index in [1.54, 1.807) is 19.2 Å². The van der Waals surface area contributed by atoms with Crippen LogP contribution in [0.2, 0.25) is 0 Å². The molecule has 3 heterocycles. The highest BCUT2D eigenvalue weighted by molar-refractivity contribution is 5.95. The molecule has 5 rings (SSSR count). The van der Waals surface area contributed by atoms with Crippen LogP contribution in [0.1, 0.15) is 23.2 Å². The molecule has 1 aliphatic carbocycles. The number of nitrogens with one attached hydrogen (secondary N) is 1. The number of hydrogen-bond donors (Lipinski definition) is 3. The Kier molecular flexibility index (Phi) is 4.86. The maximum absolute atomic E-state index is 12.0. The van der Waals surface area contributed by atoms with Crippen molar-refractivity contribution in [2.24, 2.45) is 5.16 Å². The number of rotatable bonds is 3. The summed E-state index contributed by atoms with van der Waals surface area (Å²) < 4.78 is 5.95. The summed E-state index contributed by atoms with van der Waals surface area (Å²) in [6.07, 6.45) is 1.18. The first-order valence-corrected chi connectivity index (χ1v) is 10.4. The summed E-state index contributed by atoms with van der Waals surface area (Å²) in [5.74, 6) is 0.693. The van der Waals surface area contributed by atoms with E-state index in [0.717, 1.165) is 11.3 Å². The Morgan fingerprint density at radius 1 is 1.25 bits per heavy atom. The normalized spacial score (nSPS) is 20.3. The molecule has 3 aromatic rings. The van der Waals surface area contributed by atoms with Crippen molar-refractivity contribution in [1.29, 1.82) is 0 Å².